The van der Waals surface area contributed by atoms with Crippen LogP contribution in [0.2, 0.25) is 0 Å². The SMILES string of the molecule is CCN(CC)CCN(C(=O)CCCSc1ccccc1)c1nc2ccc(SC)cc2s1. The fourth-order valence-electron chi connectivity index (χ4n) is 3.31. The number of amides is 1. The third kappa shape index (κ3) is 6.97. The van der Waals surface area contributed by atoms with Gasteiger partial charge in [0.15, 0.2) is 5.13 Å². The first-order chi connectivity index (χ1) is 15.1. The minimum atomic E-state index is 0.171. The molecule has 0 aliphatic heterocycles. The summed E-state index contributed by atoms with van der Waals surface area (Å²) in [5.74, 6) is 1.11. The summed E-state index contributed by atoms with van der Waals surface area (Å²) in [5.41, 5.74) is 0.970. The van der Waals surface area contributed by atoms with Crippen molar-refractivity contribution in [3.05, 3.63) is 48.5 Å². The molecule has 0 N–H and O–H groups in total. The molecule has 0 saturated heterocycles. The van der Waals surface area contributed by atoms with Crippen LogP contribution in [0.4, 0.5) is 5.13 Å². The summed E-state index contributed by atoms with van der Waals surface area (Å²) in [6, 6.07) is 16.7. The summed E-state index contributed by atoms with van der Waals surface area (Å²) in [4.78, 5) is 24.8. The van der Waals surface area contributed by atoms with E-state index in [1.165, 1.54) is 9.79 Å². The fraction of sp³-hybridized carbons (Fsp3) is 0.417. The van der Waals surface area contributed by atoms with Gasteiger partial charge >= 0.3 is 0 Å². The second kappa shape index (κ2) is 12.5. The highest BCUT2D eigenvalue weighted by atomic mass is 32.2. The normalized spacial score (nSPS) is 11.4. The highest BCUT2D eigenvalue weighted by Gasteiger charge is 2.20. The first-order valence-electron chi connectivity index (χ1n) is 10.8. The summed E-state index contributed by atoms with van der Waals surface area (Å²) in [6.07, 6.45) is 3.49. The van der Waals surface area contributed by atoms with Crippen molar-refractivity contribution in [3.8, 4) is 0 Å². The summed E-state index contributed by atoms with van der Waals surface area (Å²) in [5, 5.41) is 0.820. The van der Waals surface area contributed by atoms with E-state index in [1.807, 2.05) is 22.7 Å². The Morgan fingerprint density at radius 1 is 1.03 bits per heavy atom. The number of rotatable bonds is 12. The molecule has 0 fully saturated rings. The molecule has 0 bridgehead atoms. The Labute approximate surface area is 198 Å². The van der Waals surface area contributed by atoms with Gasteiger partial charge < -0.3 is 4.90 Å². The number of benzene rings is 2. The maximum absolute atomic E-state index is 13.2. The van der Waals surface area contributed by atoms with Crippen molar-refractivity contribution in [1.29, 1.82) is 0 Å². The van der Waals surface area contributed by atoms with Crippen molar-refractivity contribution in [1.82, 2.24) is 9.88 Å². The van der Waals surface area contributed by atoms with Gasteiger partial charge in [-0.25, -0.2) is 4.98 Å². The molecule has 0 saturated carbocycles. The monoisotopic (exact) mass is 473 g/mol. The predicted octanol–water partition coefficient (Wildman–Crippen LogP) is 6.27. The lowest BCUT2D eigenvalue weighted by molar-refractivity contribution is -0.118. The largest absolute Gasteiger partial charge is 0.302 e. The van der Waals surface area contributed by atoms with Gasteiger partial charge in [-0.1, -0.05) is 43.4 Å². The Hall–Kier alpha value is -1.54. The van der Waals surface area contributed by atoms with Crippen LogP contribution >= 0.6 is 34.9 Å². The number of nitrogens with zero attached hydrogens (tertiary/aromatic N) is 3. The van der Waals surface area contributed by atoms with Gasteiger partial charge in [-0.2, -0.15) is 0 Å². The van der Waals surface area contributed by atoms with Crippen LogP contribution in [0.15, 0.2) is 58.3 Å². The number of hydrogen-bond donors (Lipinski definition) is 0. The van der Waals surface area contributed by atoms with E-state index >= 15 is 0 Å². The number of anilines is 1. The quantitative estimate of drug-likeness (QED) is 0.229. The summed E-state index contributed by atoms with van der Waals surface area (Å²) in [6.45, 7) is 7.85. The average molecular weight is 474 g/mol. The van der Waals surface area contributed by atoms with Crippen LogP contribution in [0.25, 0.3) is 10.2 Å². The third-order valence-electron chi connectivity index (χ3n) is 5.20. The van der Waals surface area contributed by atoms with E-state index in [-0.39, 0.29) is 5.91 Å². The van der Waals surface area contributed by atoms with E-state index in [4.69, 9.17) is 4.98 Å². The van der Waals surface area contributed by atoms with Gasteiger partial charge in [0.2, 0.25) is 5.91 Å². The van der Waals surface area contributed by atoms with Crippen LogP contribution in [0.3, 0.4) is 0 Å². The molecule has 0 atom stereocenters. The number of fused-ring (bicyclic) bond motifs is 1. The topological polar surface area (TPSA) is 36.4 Å². The molecule has 0 unspecified atom stereocenters. The maximum Gasteiger partial charge on any atom is 0.228 e. The first-order valence-corrected chi connectivity index (χ1v) is 13.8. The first kappa shape index (κ1) is 24.1. The summed E-state index contributed by atoms with van der Waals surface area (Å²) in [7, 11) is 0. The Balaban J connectivity index is 1.68. The molecule has 0 spiro atoms. The number of thioether (sulfide) groups is 2. The van der Waals surface area contributed by atoms with Crippen molar-refractivity contribution in [2.45, 2.75) is 36.5 Å². The van der Waals surface area contributed by atoms with E-state index in [0.29, 0.717) is 13.0 Å². The molecule has 7 heteroatoms. The summed E-state index contributed by atoms with van der Waals surface area (Å²) >= 11 is 5.16. The van der Waals surface area contributed by atoms with Crippen LogP contribution in [-0.2, 0) is 4.79 Å². The Morgan fingerprint density at radius 3 is 2.52 bits per heavy atom. The molecule has 166 valence electrons. The number of aromatic nitrogens is 1. The molecule has 1 amide bonds. The molecular weight excluding hydrogens is 442 g/mol. The van der Waals surface area contributed by atoms with Gasteiger partial charge in [-0.3, -0.25) is 9.69 Å². The van der Waals surface area contributed by atoms with Crippen LogP contribution in [0, 0.1) is 0 Å². The van der Waals surface area contributed by atoms with Crippen LogP contribution in [0.1, 0.15) is 26.7 Å². The second-order valence-corrected chi connectivity index (χ2v) is 10.2. The highest BCUT2D eigenvalue weighted by Crippen LogP contribution is 2.32. The third-order valence-corrected chi connectivity index (χ3v) is 8.06. The molecule has 31 heavy (non-hydrogen) atoms. The van der Waals surface area contributed by atoms with Crippen molar-refractivity contribution >= 4 is 56.1 Å². The van der Waals surface area contributed by atoms with Crippen molar-refractivity contribution in [2.24, 2.45) is 0 Å². The van der Waals surface area contributed by atoms with Gasteiger partial charge in [0, 0.05) is 29.3 Å². The zero-order chi connectivity index (χ0) is 22.1. The maximum atomic E-state index is 13.2. The lowest BCUT2D eigenvalue weighted by atomic mass is 10.3. The van der Waals surface area contributed by atoms with Gasteiger partial charge in [0.1, 0.15) is 0 Å². The van der Waals surface area contributed by atoms with Crippen LogP contribution < -0.4 is 4.90 Å². The van der Waals surface area contributed by atoms with Crippen LogP contribution in [0.5, 0.6) is 0 Å². The molecule has 4 nitrogen and oxygen atoms in total. The molecule has 1 heterocycles. The zero-order valence-corrected chi connectivity index (χ0v) is 21.0. The average Bonchev–Trinajstić information content (AvgIpc) is 3.23. The highest BCUT2D eigenvalue weighted by molar-refractivity contribution is 7.99. The number of hydrogen-bond acceptors (Lipinski definition) is 6. The fourth-order valence-corrected chi connectivity index (χ4v) is 5.75. The van der Waals surface area contributed by atoms with Crippen molar-refractivity contribution in [3.63, 3.8) is 0 Å². The molecule has 0 radical (unpaired) electrons. The lowest BCUT2D eigenvalue weighted by Gasteiger charge is -2.24. The van der Waals surface area contributed by atoms with E-state index in [2.05, 4.69) is 67.5 Å². The number of carbonyl (C=O) groups excluding carboxylic acids is 1. The lowest BCUT2D eigenvalue weighted by Crippen LogP contribution is -2.38. The molecule has 2 aromatic carbocycles. The number of likely N-dealkylation sites (N-methyl/N-ethyl adjacent to an activating group) is 1. The molecule has 1 aromatic heterocycles. The Kier molecular flexibility index (Phi) is 9.71. The van der Waals surface area contributed by atoms with Gasteiger partial charge in [0.25, 0.3) is 0 Å². The Morgan fingerprint density at radius 2 is 1.81 bits per heavy atom. The number of thiazole rings is 1. The predicted molar refractivity (Wildman–Crippen MR) is 138 cm³/mol. The second-order valence-electron chi connectivity index (χ2n) is 7.17. The molecule has 3 aromatic rings. The van der Waals surface area contributed by atoms with Gasteiger partial charge in [-0.15, -0.1) is 23.5 Å². The molecule has 0 aliphatic rings. The van der Waals surface area contributed by atoms with Crippen molar-refractivity contribution in [2.75, 3.05) is 43.1 Å². The van der Waals surface area contributed by atoms with E-state index in [0.717, 1.165) is 47.2 Å². The van der Waals surface area contributed by atoms with Gasteiger partial charge in [0.05, 0.1) is 10.2 Å². The van der Waals surface area contributed by atoms with E-state index in [1.54, 1.807) is 23.1 Å². The smallest absolute Gasteiger partial charge is 0.228 e. The molecule has 0 aliphatic carbocycles. The number of carbonyl (C=O) groups is 1. The van der Waals surface area contributed by atoms with Gasteiger partial charge in [-0.05, 0) is 61.9 Å². The minimum Gasteiger partial charge on any atom is -0.302 e. The van der Waals surface area contributed by atoms with E-state index < -0.39 is 0 Å². The summed E-state index contributed by atoms with van der Waals surface area (Å²) < 4.78 is 1.14. The minimum absolute atomic E-state index is 0.171. The van der Waals surface area contributed by atoms with Crippen LogP contribution in [-0.4, -0.2) is 54.0 Å². The molecular formula is C24H31N3OS3. The zero-order valence-electron chi connectivity index (χ0n) is 18.5. The van der Waals surface area contributed by atoms with Crippen molar-refractivity contribution < 1.29 is 4.79 Å². The molecule has 3 rings (SSSR count). The van der Waals surface area contributed by atoms with E-state index in [9.17, 15) is 4.79 Å². The Bertz CT molecular complexity index is 957. The standard InChI is InChI=1S/C24H31N3OS3/c1-4-26(5-2)15-16-27(23(28)12-9-17-30-19-10-7-6-8-11-19)24-25-21-14-13-20(29-3)18-22(21)31-24/h6-8,10-11,13-14,18H,4-5,9,12,15-17H2,1-3H3.